The normalized spacial score (nSPS) is 11.4. The Bertz CT molecular complexity index is 2480. The lowest BCUT2D eigenvalue weighted by Crippen LogP contribution is -2.00. The summed E-state index contributed by atoms with van der Waals surface area (Å²) in [4.78, 5) is 19.6. The van der Waals surface area contributed by atoms with Crippen molar-refractivity contribution in [2.75, 3.05) is 0 Å². The molecule has 0 fully saturated rings. The number of pyridine rings is 1. The predicted molar refractivity (Wildman–Crippen MR) is 190 cm³/mol. The minimum absolute atomic E-state index is 0.638. The number of hydrogen-bond acceptors (Lipinski definition) is 5. The lowest BCUT2D eigenvalue weighted by molar-refractivity contribution is 0.670. The summed E-state index contributed by atoms with van der Waals surface area (Å²) >= 11 is 0. The van der Waals surface area contributed by atoms with Crippen molar-refractivity contribution in [3.8, 4) is 56.4 Å². The van der Waals surface area contributed by atoms with Crippen molar-refractivity contribution in [2.24, 2.45) is 0 Å². The average Bonchev–Trinajstić information content (AvgIpc) is 3.52. The largest absolute Gasteiger partial charge is 0.454 e. The Labute approximate surface area is 270 Å². The van der Waals surface area contributed by atoms with Crippen LogP contribution in [0.3, 0.4) is 0 Å². The van der Waals surface area contributed by atoms with E-state index < -0.39 is 0 Å². The zero-order valence-corrected chi connectivity index (χ0v) is 25.2. The van der Waals surface area contributed by atoms with E-state index in [1.807, 2.05) is 84.9 Å². The van der Waals surface area contributed by atoms with Gasteiger partial charge in [0, 0.05) is 33.0 Å². The highest BCUT2D eigenvalue weighted by Gasteiger charge is 2.18. The molecule has 0 saturated carbocycles. The van der Waals surface area contributed by atoms with Crippen molar-refractivity contribution in [3.05, 3.63) is 158 Å². The van der Waals surface area contributed by atoms with Crippen LogP contribution in [0, 0.1) is 0 Å². The standard InChI is InChI=1S/C42H26N4O/c1-3-11-30(12-4-1)40-44-41(31-13-5-2-6-14-31)46-42(45-40)32-25-21-28(22-26-32)27-19-23-29(24-20-27)37-33-15-7-9-17-35(33)43-38-34-16-8-10-18-36(34)47-39(37)38/h1-26H. The number of fused-ring (bicyclic) bond motifs is 4. The smallest absolute Gasteiger partial charge is 0.164 e. The molecule has 0 aliphatic heterocycles. The maximum Gasteiger partial charge on any atom is 0.164 e. The number of benzene rings is 6. The molecule has 47 heavy (non-hydrogen) atoms. The summed E-state index contributed by atoms with van der Waals surface area (Å²) in [5.41, 5.74) is 10.7. The van der Waals surface area contributed by atoms with Crippen molar-refractivity contribution < 1.29 is 4.42 Å². The summed E-state index contributed by atoms with van der Waals surface area (Å²) in [5.74, 6) is 1.94. The summed E-state index contributed by atoms with van der Waals surface area (Å²) in [6.45, 7) is 0. The summed E-state index contributed by atoms with van der Waals surface area (Å²) < 4.78 is 6.41. The van der Waals surface area contributed by atoms with Gasteiger partial charge in [-0.1, -0.05) is 140 Å². The number of aromatic nitrogens is 4. The molecule has 0 aliphatic rings. The third-order valence-corrected chi connectivity index (χ3v) is 8.55. The van der Waals surface area contributed by atoms with Gasteiger partial charge in [0.15, 0.2) is 23.1 Å². The van der Waals surface area contributed by atoms with E-state index in [9.17, 15) is 0 Å². The third-order valence-electron chi connectivity index (χ3n) is 8.55. The van der Waals surface area contributed by atoms with E-state index in [0.717, 1.165) is 71.9 Å². The molecule has 3 heterocycles. The van der Waals surface area contributed by atoms with Crippen LogP contribution in [0.5, 0.6) is 0 Å². The van der Waals surface area contributed by atoms with Crippen LogP contribution in [0.25, 0.3) is 89.4 Å². The highest BCUT2D eigenvalue weighted by Crippen LogP contribution is 2.40. The lowest BCUT2D eigenvalue weighted by atomic mass is 9.96. The molecule has 0 unspecified atom stereocenters. The summed E-state index contributed by atoms with van der Waals surface area (Å²) in [6.07, 6.45) is 0. The Morgan fingerprint density at radius 2 is 0.787 bits per heavy atom. The quantitative estimate of drug-likeness (QED) is 0.196. The molecule has 0 amide bonds. The zero-order chi connectivity index (χ0) is 31.2. The minimum Gasteiger partial charge on any atom is -0.454 e. The van der Waals surface area contributed by atoms with Gasteiger partial charge in [0.25, 0.3) is 0 Å². The van der Waals surface area contributed by atoms with Gasteiger partial charge in [-0.2, -0.15) is 0 Å². The van der Waals surface area contributed by atoms with Crippen molar-refractivity contribution >= 4 is 33.0 Å². The summed E-state index contributed by atoms with van der Waals surface area (Å²) in [5, 5.41) is 2.09. The molecule has 9 aromatic rings. The first kappa shape index (κ1) is 26.9. The van der Waals surface area contributed by atoms with Crippen molar-refractivity contribution in [1.82, 2.24) is 19.9 Å². The van der Waals surface area contributed by atoms with Gasteiger partial charge in [-0.3, -0.25) is 0 Å². The maximum atomic E-state index is 6.41. The molecule has 0 radical (unpaired) electrons. The van der Waals surface area contributed by atoms with Gasteiger partial charge < -0.3 is 4.42 Å². The SMILES string of the molecule is c1ccc(-c2nc(-c3ccccc3)nc(-c3ccc(-c4ccc(-c5c6ccccc6nc6c5oc5ccccc56)cc4)cc3)n2)cc1. The Morgan fingerprint density at radius 1 is 0.340 bits per heavy atom. The number of nitrogens with zero attached hydrogens (tertiary/aromatic N) is 4. The van der Waals surface area contributed by atoms with Gasteiger partial charge >= 0.3 is 0 Å². The average molecular weight is 603 g/mol. The van der Waals surface area contributed by atoms with Crippen LogP contribution < -0.4 is 0 Å². The molecule has 0 atom stereocenters. The highest BCUT2D eigenvalue weighted by molar-refractivity contribution is 6.14. The molecule has 0 bridgehead atoms. The molecule has 5 heteroatoms. The van der Waals surface area contributed by atoms with E-state index in [1.165, 1.54) is 0 Å². The fourth-order valence-electron chi connectivity index (χ4n) is 6.20. The molecule has 0 spiro atoms. The van der Waals surface area contributed by atoms with Gasteiger partial charge in [0.1, 0.15) is 11.1 Å². The molecule has 0 N–H and O–H groups in total. The van der Waals surface area contributed by atoms with Crippen molar-refractivity contribution in [3.63, 3.8) is 0 Å². The van der Waals surface area contributed by atoms with Gasteiger partial charge in [0.2, 0.25) is 0 Å². The fourth-order valence-corrected chi connectivity index (χ4v) is 6.20. The van der Waals surface area contributed by atoms with E-state index in [0.29, 0.717) is 17.5 Å². The highest BCUT2D eigenvalue weighted by atomic mass is 16.3. The predicted octanol–water partition coefficient (Wildman–Crippen LogP) is 10.7. The second kappa shape index (κ2) is 11.2. The Hall–Kier alpha value is -6.46. The Balaban J connectivity index is 1.09. The van der Waals surface area contributed by atoms with Crippen LogP contribution in [0.2, 0.25) is 0 Å². The van der Waals surface area contributed by atoms with E-state index in [1.54, 1.807) is 0 Å². The third kappa shape index (κ3) is 4.82. The Morgan fingerprint density at radius 3 is 1.38 bits per heavy atom. The van der Waals surface area contributed by atoms with Crippen LogP contribution in [-0.4, -0.2) is 19.9 Å². The molecular formula is C42H26N4O. The molecule has 0 aliphatic carbocycles. The molecular weight excluding hydrogens is 576 g/mol. The van der Waals surface area contributed by atoms with Crippen molar-refractivity contribution in [1.29, 1.82) is 0 Å². The molecule has 9 rings (SSSR count). The second-order valence-electron chi connectivity index (χ2n) is 11.5. The van der Waals surface area contributed by atoms with Crippen LogP contribution in [0.1, 0.15) is 0 Å². The van der Waals surface area contributed by atoms with Gasteiger partial charge in [-0.25, -0.2) is 19.9 Å². The fraction of sp³-hybridized carbons (Fsp3) is 0. The van der Waals surface area contributed by atoms with Crippen molar-refractivity contribution in [2.45, 2.75) is 0 Å². The van der Waals surface area contributed by atoms with Crippen LogP contribution in [-0.2, 0) is 0 Å². The second-order valence-corrected chi connectivity index (χ2v) is 11.5. The van der Waals surface area contributed by atoms with Gasteiger partial charge in [0.05, 0.1) is 5.52 Å². The number of furan rings is 1. The first-order chi connectivity index (χ1) is 23.3. The number of hydrogen-bond donors (Lipinski definition) is 0. The molecule has 6 aromatic carbocycles. The molecule has 220 valence electrons. The molecule has 3 aromatic heterocycles. The van der Waals surface area contributed by atoms with Gasteiger partial charge in [-0.15, -0.1) is 0 Å². The van der Waals surface area contributed by atoms with E-state index >= 15 is 0 Å². The first-order valence-electron chi connectivity index (χ1n) is 15.6. The molecule has 5 nitrogen and oxygen atoms in total. The number of para-hydroxylation sites is 2. The monoisotopic (exact) mass is 602 g/mol. The lowest BCUT2D eigenvalue weighted by Gasteiger charge is -2.10. The van der Waals surface area contributed by atoms with Crippen LogP contribution in [0.4, 0.5) is 0 Å². The summed E-state index contributed by atoms with van der Waals surface area (Å²) in [6, 6.07) is 53.5. The van der Waals surface area contributed by atoms with Crippen LogP contribution >= 0.6 is 0 Å². The first-order valence-corrected chi connectivity index (χ1v) is 15.6. The topological polar surface area (TPSA) is 64.7 Å². The number of rotatable bonds is 5. The zero-order valence-electron chi connectivity index (χ0n) is 25.2. The van der Waals surface area contributed by atoms with Gasteiger partial charge in [-0.05, 0) is 34.9 Å². The van der Waals surface area contributed by atoms with E-state index in [4.69, 9.17) is 24.4 Å². The van der Waals surface area contributed by atoms with E-state index in [2.05, 4.69) is 72.8 Å². The Kier molecular flexibility index (Phi) is 6.39. The van der Waals surface area contributed by atoms with E-state index in [-0.39, 0.29) is 0 Å². The van der Waals surface area contributed by atoms with Crippen LogP contribution in [0.15, 0.2) is 162 Å². The maximum absolute atomic E-state index is 6.41. The summed E-state index contributed by atoms with van der Waals surface area (Å²) in [7, 11) is 0. The molecule has 0 saturated heterocycles. The minimum atomic E-state index is 0.638.